The standard InChI is InChI=1S/C24H26ClN5O2S/c1-17(2)18-6-8-19(9-7-18)23(32)29-12-10-28(11-13-29)22(31)15-33-24-27-26-16-30(24)21-5-3-4-20(25)14-21/h3-9,14,16-17H,10-13,15H2,1-2H3. The first-order valence-electron chi connectivity index (χ1n) is 10.9. The molecule has 0 bridgehead atoms. The minimum absolute atomic E-state index is 0.0152. The maximum absolute atomic E-state index is 12.8. The van der Waals surface area contributed by atoms with E-state index in [0.717, 1.165) is 5.69 Å². The number of amides is 2. The molecule has 1 aliphatic heterocycles. The van der Waals surface area contributed by atoms with Crippen molar-refractivity contribution in [3.05, 3.63) is 71.0 Å². The van der Waals surface area contributed by atoms with Crippen molar-refractivity contribution in [2.45, 2.75) is 24.9 Å². The lowest BCUT2D eigenvalue weighted by molar-refractivity contribution is -0.129. The van der Waals surface area contributed by atoms with Crippen LogP contribution in [-0.4, -0.2) is 68.3 Å². The number of aromatic nitrogens is 3. The van der Waals surface area contributed by atoms with Crippen LogP contribution < -0.4 is 0 Å². The van der Waals surface area contributed by atoms with Crippen LogP contribution in [0.2, 0.25) is 5.02 Å². The van der Waals surface area contributed by atoms with E-state index in [1.807, 2.05) is 51.9 Å². The number of thioether (sulfide) groups is 1. The molecule has 1 fully saturated rings. The number of benzene rings is 2. The van der Waals surface area contributed by atoms with Crippen LogP contribution in [0.1, 0.15) is 35.7 Å². The van der Waals surface area contributed by atoms with Crippen LogP contribution in [0, 0.1) is 0 Å². The van der Waals surface area contributed by atoms with Crippen LogP contribution in [0.5, 0.6) is 0 Å². The largest absolute Gasteiger partial charge is 0.338 e. The fraction of sp³-hybridized carbons (Fsp3) is 0.333. The number of hydrogen-bond donors (Lipinski definition) is 0. The van der Waals surface area contributed by atoms with Crippen LogP contribution in [-0.2, 0) is 4.79 Å². The Hall–Kier alpha value is -2.84. The number of piperazine rings is 1. The first-order chi connectivity index (χ1) is 15.9. The van der Waals surface area contributed by atoms with E-state index in [1.165, 1.54) is 17.3 Å². The zero-order chi connectivity index (χ0) is 23.4. The second-order valence-corrected chi connectivity index (χ2v) is 9.58. The van der Waals surface area contributed by atoms with Crippen LogP contribution >= 0.6 is 23.4 Å². The molecule has 0 N–H and O–H groups in total. The van der Waals surface area contributed by atoms with E-state index in [4.69, 9.17) is 11.6 Å². The van der Waals surface area contributed by atoms with E-state index in [2.05, 4.69) is 24.0 Å². The summed E-state index contributed by atoms with van der Waals surface area (Å²) in [5.41, 5.74) is 2.75. The molecule has 0 aliphatic carbocycles. The molecule has 2 aromatic carbocycles. The van der Waals surface area contributed by atoms with E-state index < -0.39 is 0 Å². The van der Waals surface area contributed by atoms with Gasteiger partial charge < -0.3 is 9.80 Å². The van der Waals surface area contributed by atoms with Crippen molar-refractivity contribution < 1.29 is 9.59 Å². The summed E-state index contributed by atoms with van der Waals surface area (Å²) in [5.74, 6) is 0.723. The van der Waals surface area contributed by atoms with Crippen molar-refractivity contribution in [1.82, 2.24) is 24.6 Å². The van der Waals surface area contributed by atoms with Crippen LogP contribution in [0.25, 0.3) is 5.69 Å². The summed E-state index contributed by atoms with van der Waals surface area (Å²) in [6, 6.07) is 15.2. The van der Waals surface area contributed by atoms with Gasteiger partial charge in [0.1, 0.15) is 6.33 Å². The monoisotopic (exact) mass is 483 g/mol. The molecular weight excluding hydrogens is 458 g/mol. The van der Waals surface area contributed by atoms with Gasteiger partial charge in [0.25, 0.3) is 5.91 Å². The highest BCUT2D eigenvalue weighted by molar-refractivity contribution is 7.99. The zero-order valence-electron chi connectivity index (χ0n) is 18.6. The summed E-state index contributed by atoms with van der Waals surface area (Å²) in [6.07, 6.45) is 1.61. The van der Waals surface area contributed by atoms with Gasteiger partial charge in [0.15, 0.2) is 5.16 Å². The molecule has 33 heavy (non-hydrogen) atoms. The summed E-state index contributed by atoms with van der Waals surface area (Å²) in [4.78, 5) is 29.2. The summed E-state index contributed by atoms with van der Waals surface area (Å²) >= 11 is 7.42. The minimum atomic E-state index is 0.0152. The van der Waals surface area contributed by atoms with E-state index in [0.29, 0.717) is 47.8 Å². The molecule has 2 heterocycles. The van der Waals surface area contributed by atoms with Gasteiger partial charge in [0, 0.05) is 36.8 Å². The van der Waals surface area contributed by atoms with Crippen molar-refractivity contribution in [3.63, 3.8) is 0 Å². The maximum atomic E-state index is 12.8. The molecule has 0 spiro atoms. The highest BCUT2D eigenvalue weighted by Gasteiger charge is 2.25. The number of nitrogens with zero attached hydrogens (tertiary/aromatic N) is 5. The molecule has 2 amide bonds. The van der Waals surface area contributed by atoms with Crippen LogP contribution in [0.3, 0.4) is 0 Å². The van der Waals surface area contributed by atoms with Gasteiger partial charge >= 0.3 is 0 Å². The number of halogens is 1. The predicted octanol–water partition coefficient (Wildman–Crippen LogP) is 4.12. The average molecular weight is 484 g/mol. The van der Waals surface area contributed by atoms with Crippen molar-refractivity contribution in [3.8, 4) is 5.69 Å². The van der Waals surface area contributed by atoms with Crippen molar-refractivity contribution in [1.29, 1.82) is 0 Å². The number of rotatable bonds is 6. The first-order valence-corrected chi connectivity index (χ1v) is 12.2. The Morgan fingerprint density at radius 3 is 2.39 bits per heavy atom. The van der Waals surface area contributed by atoms with Gasteiger partial charge in [-0.05, 0) is 41.8 Å². The molecule has 172 valence electrons. The topological polar surface area (TPSA) is 71.3 Å². The zero-order valence-corrected chi connectivity index (χ0v) is 20.2. The molecule has 7 nitrogen and oxygen atoms in total. The molecule has 1 saturated heterocycles. The Bertz CT molecular complexity index is 1120. The summed E-state index contributed by atoms with van der Waals surface area (Å²) in [5, 5.41) is 9.36. The molecule has 4 rings (SSSR count). The lowest BCUT2D eigenvalue weighted by Gasteiger charge is -2.34. The Labute approximate surface area is 202 Å². The molecule has 0 saturated carbocycles. The van der Waals surface area contributed by atoms with Gasteiger partial charge in [0.2, 0.25) is 5.91 Å². The van der Waals surface area contributed by atoms with E-state index >= 15 is 0 Å². The third kappa shape index (κ3) is 5.57. The van der Waals surface area contributed by atoms with Gasteiger partial charge in [-0.3, -0.25) is 14.2 Å². The second kappa shape index (κ2) is 10.4. The summed E-state index contributed by atoms with van der Waals surface area (Å²) in [7, 11) is 0. The third-order valence-corrected chi connectivity index (χ3v) is 6.83. The van der Waals surface area contributed by atoms with E-state index in [9.17, 15) is 9.59 Å². The Morgan fingerprint density at radius 1 is 1.03 bits per heavy atom. The highest BCUT2D eigenvalue weighted by Crippen LogP contribution is 2.22. The van der Waals surface area contributed by atoms with Gasteiger partial charge in [0.05, 0.1) is 11.4 Å². The fourth-order valence-corrected chi connectivity index (χ4v) is 4.71. The Balaban J connectivity index is 1.30. The van der Waals surface area contributed by atoms with Gasteiger partial charge in [-0.25, -0.2) is 0 Å². The average Bonchev–Trinajstić information content (AvgIpc) is 3.31. The van der Waals surface area contributed by atoms with Gasteiger partial charge in [-0.2, -0.15) is 0 Å². The molecule has 1 aromatic heterocycles. The second-order valence-electron chi connectivity index (χ2n) is 8.20. The first kappa shape index (κ1) is 23.3. The molecule has 1 aliphatic rings. The smallest absolute Gasteiger partial charge is 0.253 e. The predicted molar refractivity (Wildman–Crippen MR) is 130 cm³/mol. The summed E-state index contributed by atoms with van der Waals surface area (Å²) in [6.45, 7) is 6.37. The lowest BCUT2D eigenvalue weighted by atomic mass is 10.0. The quantitative estimate of drug-likeness (QED) is 0.493. The van der Waals surface area contributed by atoms with Crippen LogP contribution in [0.15, 0.2) is 60.0 Å². The molecule has 0 radical (unpaired) electrons. The third-order valence-electron chi connectivity index (χ3n) is 5.67. The van der Waals surface area contributed by atoms with Crippen LogP contribution in [0.4, 0.5) is 0 Å². The molecular formula is C24H26ClN5O2S. The molecule has 0 unspecified atom stereocenters. The number of carbonyl (C=O) groups is 2. The van der Waals surface area contributed by atoms with Gasteiger partial charge in [-0.1, -0.05) is 55.4 Å². The normalized spacial score (nSPS) is 14.1. The molecule has 3 aromatic rings. The van der Waals surface area contributed by atoms with E-state index in [-0.39, 0.29) is 17.6 Å². The SMILES string of the molecule is CC(C)c1ccc(C(=O)N2CCN(C(=O)CSc3nncn3-c3cccc(Cl)c3)CC2)cc1. The molecule has 9 heteroatoms. The number of carbonyl (C=O) groups excluding carboxylic acids is 2. The minimum Gasteiger partial charge on any atom is -0.338 e. The highest BCUT2D eigenvalue weighted by atomic mass is 35.5. The van der Waals surface area contributed by atoms with E-state index in [1.54, 1.807) is 17.3 Å². The van der Waals surface area contributed by atoms with Gasteiger partial charge in [-0.15, -0.1) is 10.2 Å². The van der Waals surface area contributed by atoms with Crippen molar-refractivity contribution in [2.24, 2.45) is 0 Å². The Kier molecular flexibility index (Phi) is 7.35. The molecule has 0 atom stereocenters. The van der Waals surface area contributed by atoms with Crippen molar-refractivity contribution >= 4 is 35.2 Å². The summed E-state index contributed by atoms with van der Waals surface area (Å²) < 4.78 is 1.81. The fourth-order valence-electron chi connectivity index (χ4n) is 3.70. The number of hydrogen-bond acceptors (Lipinski definition) is 5. The Morgan fingerprint density at radius 2 is 1.73 bits per heavy atom. The van der Waals surface area contributed by atoms with Crippen molar-refractivity contribution in [2.75, 3.05) is 31.9 Å². The lowest BCUT2D eigenvalue weighted by Crippen LogP contribution is -2.51. The maximum Gasteiger partial charge on any atom is 0.253 e.